The summed E-state index contributed by atoms with van der Waals surface area (Å²) in [5.41, 5.74) is 0.686. The molecule has 2 aromatic rings. The predicted molar refractivity (Wildman–Crippen MR) is 99.2 cm³/mol. The molecule has 6 nitrogen and oxygen atoms in total. The standard InChI is InChI=1S/C19H28N4O2/c1-15(2)11-23-13-17(10-20-23)21-18(24)22(14-19(3,4)25)12-16-8-6-5-7-9-16/h5-10,13,15,25H,11-12,14H2,1-4H3,(H,21,24). The second-order valence-electron chi connectivity index (χ2n) is 7.43. The van der Waals surface area contributed by atoms with E-state index in [4.69, 9.17) is 0 Å². The van der Waals surface area contributed by atoms with Gasteiger partial charge in [0.25, 0.3) is 0 Å². The van der Waals surface area contributed by atoms with Crippen LogP contribution in [0.5, 0.6) is 0 Å². The molecule has 0 unspecified atom stereocenters. The van der Waals surface area contributed by atoms with Gasteiger partial charge in [-0.25, -0.2) is 4.79 Å². The third-order valence-corrected chi connectivity index (χ3v) is 3.52. The van der Waals surface area contributed by atoms with Gasteiger partial charge in [0.1, 0.15) is 0 Å². The summed E-state index contributed by atoms with van der Waals surface area (Å²) in [6, 6.07) is 9.48. The highest BCUT2D eigenvalue weighted by atomic mass is 16.3. The zero-order valence-electron chi connectivity index (χ0n) is 15.4. The van der Waals surface area contributed by atoms with Gasteiger partial charge >= 0.3 is 6.03 Å². The Morgan fingerprint density at radius 3 is 2.60 bits per heavy atom. The molecule has 1 heterocycles. The third kappa shape index (κ3) is 6.58. The molecule has 6 heteroatoms. The minimum Gasteiger partial charge on any atom is -0.389 e. The highest BCUT2D eigenvalue weighted by Gasteiger charge is 2.23. The Morgan fingerprint density at radius 2 is 2.00 bits per heavy atom. The minimum atomic E-state index is -0.978. The Kier molecular flexibility index (Phi) is 6.20. The summed E-state index contributed by atoms with van der Waals surface area (Å²) in [5, 5.41) is 17.3. The lowest BCUT2D eigenvalue weighted by Gasteiger charge is -2.29. The second kappa shape index (κ2) is 8.16. The SMILES string of the molecule is CC(C)Cn1cc(NC(=O)N(Cc2ccccc2)CC(C)(C)O)cn1. The van der Waals surface area contributed by atoms with Gasteiger partial charge in [0.15, 0.2) is 0 Å². The van der Waals surface area contributed by atoms with Crippen LogP contribution in [-0.2, 0) is 13.1 Å². The summed E-state index contributed by atoms with van der Waals surface area (Å²) in [6.07, 6.45) is 3.47. The monoisotopic (exact) mass is 344 g/mol. The summed E-state index contributed by atoms with van der Waals surface area (Å²) >= 11 is 0. The van der Waals surface area contributed by atoms with E-state index in [1.807, 2.05) is 41.2 Å². The molecule has 0 atom stereocenters. The lowest BCUT2D eigenvalue weighted by Crippen LogP contribution is -2.43. The van der Waals surface area contributed by atoms with Crippen LogP contribution in [-0.4, -0.2) is 38.0 Å². The van der Waals surface area contributed by atoms with Crippen molar-refractivity contribution in [3.63, 3.8) is 0 Å². The molecule has 25 heavy (non-hydrogen) atoms. The van der Waals surface area contributed by atoms with Crippen LogP contribution in [0.4, 0.5) is 10.5 Å². The average Bonchev–Trinajstić information content (AvgIpc) is 2.92. The number of carbonyl (C=O) groups is 1. The first-order valence-electron chi connectivity index (χ1n) is 8.57. The van der Waals surface area contributed by atoms with Gasteiger partial charge in [-0.3, -0.25) is 4.68 Å². The van der Waals surface area contributed by atoms with E-state index < -0.39 is 5.60 Å². The molecule has 0 saturated carbocycles. The van der Waals surface area contributed by atoms with Crippen LogP contribution in [0.15, 0.2) is 42.7 Å². The van der Waals surface area contributed by atoms with Crippen LogP contribution < -0.4 is 5.32 Å². The van der Waals surface area contributed by atoms with E-state index in [0.29, 0.717) is 18.2 Å². The number of rotatable bonds is 7. The van der Waals surface area contributed by atoms with Crippen LogP contribution in [0.3, 0.4) is 0 Å². The summed E-state index contributed by atoms with van der Waals surface area (Å²) in [7, 11) is 0. The Hall–Kier alpha value is -2.34. The maximum atomic E-state index is 12.7. The van der Waals surface area contributed by atoms with E-state index in [0.717, 1.165) is 12.1 Å². The van der Waals surface area contributed by atoms with E-state index in [1.54, 1.807) is 24.9 Å². The largest absolute Gasteiger partial charge is 0.389 e. The lowest BCUT2D eigenvalue weighted by atomic mass is 10.1. The number of aromatic nitrogens is 2. The number of nitrogens with one attached hydrogen (secondary N) is 1. The molecule has 2 rings (SSSR count). The van der Waals surface area contributed by atoms with Crippen LogP contribution in [0.2, 0.25) is 0 Å². The van der Waals surface area contributed by atoms with Crippen LogP contribution in [0.25, 0.3) is 0 Å². The molecule has 0 aliphatic heterocycles. The highest BCUT2D eigenvalue weighted by Crippen LogP contribution is 2.14. The van der Waals surface area contributed by atoms with Crippen molar-refractivity contribution in [1.29, 1.82) is 0 Å². The zero-order chi connectivity index (χ0) is 18.4. The van der Waals surface area contributed by atoms with Crippen molar-refractivity contribution >= 4 is 11.7 Å². The van der Waals surface area contributed by atoms with Crippen molar-refractivity contribution in [1.82, 2.24) is 14.7 Å². The summed E-state index contributed by atoms with van der Waals surface area (Å²) < 4.78 is 1.82. The molecular weight excluding hydrogens is 316 g/mol. The van der Waals surface area contributed by atoms with Gasteiger partial charge in [-0.15, -0.1) is 0 Å². The van der Waals surface area contributed by atoms with Gasteiger partial charge in [0.2, 0.25) is 0 Å². The van der Waals surface area contributed by atoms with E-state index in [-0.39, 0.29) is 12.6 Å². The second-order valence-corrected chi connectivity index (χ2v) is 7.43. The van der Waals surface area contributed by atoms with Gasteiger partial charge < -0.3 is 15.3 Å². The molecule has 136 valence electrons. The molecule has 0 fully saturated rings. The quantitative estimate of drug-likeness (QED) is 0.809. The van der Waals surface area contributed by atoms with Crippen molar-refractivity contribution < 1.29 is 9.90 Å². The van der Waals surface area contributed by atoms with Gasteiger partial charge in [0, 0.05) is 19.3 Å². The molecule has 2 amide bonds. The third-order valence-electron chi connectivity index (χ3n) is 3.52. The Balaban J connectivity index is 2.07. The van der Waals surface area contributed by atoms with Crippen LogP contribution in [0, 0.1) is 5.92 Å². The molecule has 0 radical (unpaired) electrons. The first-order valence-corrected chi connectivity index (χ1v) is 8.57. The van der Waals surface area contributed by atoms with Crippen molar-refractivity contribution in [2.45, 2.75) is 46.4 Å². The van der Waals surface area contributed by atoms with Crippen molar-refractivity contribution in [2.75, 3.05) is 11.9 Å². The number of nitrogens with zero attached hydrogens (tertiary/aromatic N) is 3. The first-order chi connectivity index (χ1) is 11.7. The lowest BCUT2D eigenvalue weighted by molar-refractivity contribution is 0.0469. The van der Waals surface area contributed by atoms with Crippen molar-refractivity contribution in [3.8, 4) is 0 Å². The van der Waals surface area contributed by atoms with Crippen molar-refractivity contribution in [2.24, 2.45) is 5.92 Å². The first kappa shape index (κ1) is 19.0. The summed E-state index contributed by atoms with van der Waals surface area (Å²) in [6.45, 7) is 9.07. The van der Waals surface area contributed by atoms with Crippen LogP contribution in [0.1, 0.15) is 33.3 Å². The molecule has 0 bridgehead atoms. The average molecular weight is 344 g/mol. The number of aliphatic hydroxyl groups is 1. The van der Waals surface area contributed by atoms with Gasteiger partial charge in [-0.05, 0) is 25.3 Å². The van der Waals surface area contributed by atoms with Gasteiger partial charge in [-0.2, -0.15) is 5.10 Å². The predicted octanol–water partition coefficient (Wildman–Crippen LogP) is 3.34. The molecule has 2 N–H and O–H groups in total. The highest BCUT2D eigenvalue weighted by molar-refractivity contribution is 5.89. The maximum absolute atomic E-state index is 12.7. The number of urea groups is 1. The number of anilines is 1. The van der Waals surface area contributed by atoms with Crippen LogP contribution >= 0.6 is 0 Å². The normalized spacial score (nSPS) is 11.6. The van der Waals surface area contributed by atoms with E-state index >= 15 is 0 Å². The number of amides is 2. The summed E-state index contributed by atoms with van der Waals surface area (Å²) in [5.74, 6) is 0.480. The van der Waals surface area contributed by atoms with E-state index in [2.05, 4.69) is 24.3 Å². The molecule has 0 saturated heterocycles. The fourth-order valence-corrected chi connectivity index (χ4v) is 2.58. The maximum Gasteiger partial charge on any atom is 0.322 e. The number of carbonyl (C=O) groups excluding carboxylic acids is 1. The van der Waals surface area contributed by atoms with Gasteiger partial charge in [0.05, 0.1) is 24.0 Å². The number of hydrogen-bond acceptors (Lipinski definition) is 3. The van der Waals surface area contributed by atoms with E-state index in [9.17, 15) is 9.90 Å². The molecular formula is C19H28N4O2. The zero-order valence-corrected chi connectivity index (χ0v) is 15.4. The van der Waals surface area contributed by atoms with E-state index in [1.165, 1.54) is 0 Å². The molecule has 1 aromatic carbocycles. The molecule has 0 aliphatic rings. The van der Waals surface area contributed by atoms with Crippen molar-refractivity contribution in [3.05, 3.63) is 48.3 Å². The minimum absolute atomic E-state index is 0.230. The Morgan fingerprint density at radius 1 is 1.32 bits per heavy atom. The topological polar surface area (TPSA) is 70.4 Å². The Bertz CT molecular complexity index is 674. The fourth-order valence-electron chi connectivity index (χ4n) is 2.58. The Labute approximate surface area is 149 Å². The molecule has 0 aliphatic carbocycles. The number of benzene rings is 1. The smallest absolute Gasteiger partial charge is 0.322 e. The molecule has 1 aromatic heterocycles. The summed E-state index contributed by atoms with van der Waals surface area (Å²) in [4.78, 5) is 14.3. The van der Waals surface area contributed by atoms with Gasteiger partial charge in [-0.1, -0.05) is 44.2 Å². The fraction of sp³-hybridized carbons (Fsp3) is 0.474. The number of hydrogen-bond donors (Lipinski definition) is 2. The molecule has 0 spiro atoms.